The van der Waals surface area contributed by atoms with Crippen LogP contribution in [-0.4, -0.2) is 48.6 Å². The van der Waals surface area contributed by atoms with Gasteiger partial charge in [-0.3, -0.25) is 9.36 Å². The van der Waals surface area contributed by atoms with Crippen molar-refractivity contribution in [2.75, 3.05) is 11.9 Å². The average Bonchev–Trinajstić information content (AvgIpc) is 3.56. The minimum Gasteiger partial charge on any atom is -0.376 e. The van der Waals surface area contributed by atoms with E-state index >= 15 is 0 Å². The molecular weight excluding hydrogens is 448 g/mol. The summed E-state index contributed by atoms with van der Waals surface area (Å²) in [4.78, 5) is 30.7. The summed E-state index contributed by atoms with van der Waals surface area (Å²) in [7, 11) is 0. The number of benzene rings is 1. The molecule has 0 radical (unpaired) electrons. The van der Waals surface area contributed by atoms with Crippen LogP contribution in [0.4, 0.5) is 5.69 Å². The number of aromatic amines is 2. The number of fused-ring (bicyclic) bond motifs is 1. The van der Waals surface area contributed by atoms with Crippen molar-refractivity contribution in [1.82, 2.24) is 24.7 Å². The Morgan fingerprint density at radius 1 is 1.34 bits per heavy atom. The zero-order valence-corrected chi connectivity index (χ0v) is 19.0. The van der Waals surface area contributed by atoms with Crippen LogP contribution in [0.5, 0.6) is 0 Å². The number of nitrogens with one attached hydrogen (secondary N) is 3. The van der Waals surface area contributed by atoms with E-state index in [0.29, 0.717) is 28.4 Å². The third-order valence-electron chi connectivity index (χ3n) is 5.30. The molecule has 1 amide bonds. The standard InChI is InChI=1S/C21H22N6O3S2/c1-12(19(28)22-13-6-7-15-16(10-13)24-20(29)23-15)32-21-26-25-18(17-5-3-9-31-17)27(21)11-14-4-2-8-30-14/h3,5-7,9-10,12,14H,2,4,8,11H2,1H3,(H,22,28)(H2,23,24,29)/t12-,14-/m0/s1. The van der Waals surface area contributed by atoms with Crippen molar-refractivity contribution < 1.29 is 9.53 Å². The van der Waals surface area contributed by atoms with Gasteiger partial charge in [0.05, 0.1) is 33.8 Å². The highest BCUT2D eigenvalue weighted by Crippen LogP contribution is 2.31. The highest BCUT2D eigenvalue weighted by Gasteiger charge is 2.25. The Morgan fingerprint density at radius 2 is 2.22 bits per heavy atom. The number of rotatable bonds is 7. The summed E-state index contributed by atoms with van der Waals surface area (Å²) in [5.74, 6) is 0.643. The van der Waals surface area contributed by atoms with Crippen LogP contribution >= 0.6 is 23.1 Å². The fraction of sp³-hybridized carbons (Fsp3) is 0.333. The number of ether oxygens (including phenoxy) is 1. The molecule has 1 fully saturated rings. The largest absolute Gasteiger partial charge is 0.376 e. The molecular formula is C21H22N6O3S2. The van der Waals surface area contributed by atoms with Crippen LogP contribution in [-0.2, 0) is 16.1 Å². The second kappa shape index (κ2) is 8.93. The lowest BCUT2D eigenvalue weighted by atomic mass is 10.2. The summed E-state index contributed by atoms with van der Waals surface area (Å²) in [6.45, 7) is 3.28. The van der Waals surface area contributed by atoms with Crippen LogP contribution in [0.1, 0.15) is 19.8 Å². The number of amides is 1. The van der Waals surface area contributed by atoms with Crippen molar-refractivity contribution in [2.24, 2.45) is 0 Å². The topological polar surface area (TPSA) is 118 Å². The minimum atomic E-state index is -0.403. The fourth-order valence-corrected chi connectivity index (χ4v) is 5.26. The molecule has 9 nitrogen and oxygen atoms in total. The SMILES string of the molecule is C[C@H](Sc1nnc(-c2cccs2)n1C[C@@H]1CCCO1)C(=O)Nc1ccc2[nH]c(=O)[nH]c2c1. The second-order valence-electron chi connectivity index (χ2n) is 7.62. The van der Waals surface area contributed by atoms with Crippen LogP contribution in [0.3, 0.4) is 0 Å². The maximum atomic E-state index is 12.9. The monoisotopic (exact) mass is 470 g/mol. The lowest BCUT2D eigenvalue weighted by Crippen LogP contribution is -2.23. The van der Waals surface area contributed by atoms with Gasteiger partial charge in [0.15, 0.2) is 11.0 Å². The van der Waals surface area contributed by atoms with Gasteiger partial charge in [-0.25, -0.2) is 4.79 Å². The van der Waals surface area contributed by atoms with Crippen LogP contribution in [0.2, 0.25) is 0 Å². The Bertz CT molecular complexity index is 1290. The molecule has 0 bridgehead atoms. The van der Waals surface area contributed by atoms with Crippen molar-refractivity contribution in [3.8, 4) is 10.7 Å². The molecule has 5 rings (SSSR count). The van der Waals surface area contributed by atoms with Crippen molar-refractivity contribution in [1.29, 1.82) is 0 Å². The predicted molar refractivity (Wildman–Crippen MR) is 125 cm³/mol. The number of aromatic nitrogens is 5. The molecule has 11 heteroatoms. The normalized spacial score (nSPS) is 17.1. The fourth-order valence-electron chi connectivity index (χ4n) is 3.69. The molecule has 2 atom stereocenters. The molecule has 0 unspecified atom stereocenters. The van der Waals surface area contributed by atoms with E-state index in [2.05, 4.69) is 30.0 Å². The number of nitrogens with zero attached hydrogens (tertiary/aromatic N) is 3. The maximum Gasteiger partial charge on any atom is 0.323 e. The Hall–Kier alpha value is -2.89. The summed E-state index contributed by atoms with van der Waals surface area (Å²) in [6, 6.07) is 9.26. The van der Waals surface area contributed by atoms with E-state index in [0.717, 1.165) is 30.2 Å². The molecule has 166 valence electrons. The van der Waals surface area contributed by atoms with Crippen molar-refractivity contribution >= 4 is 45.7 Å². The third kappa shape index (κ3) is 4.36. The van der Waals surface area contributed by atoms with E-state index in [1.165, 1.54) is 11.8 Å². The van der Waals surface area contributed by atoms with E-state index in [1.54, 1.807) is 29.5 Å². The Kier molecular flexibility index (Phi) is 5.85. The highest BCUT2D eigenvalue weighted by molar-refractivity contribution is 8.00. The summed E-state index contributed by atoms with van der Waals surface area (Å²) in [5.41, 5.74) is 1.67. The molecule has 0 saturated carbocycles. The van der Waals surface area contributed by atoms with Gasteiger partial charge in [-0.05, 0) is 49.4 Å². The van der Waals surface area contributed by atoms with E-state index in [4.69, 9.17) is 4.74 Å². The Labute approximate surface area is 191 Å². The van der Waals surface area contributed by atoms with Gasteiger partial charge in [0.1, 0.15) is 0 Å². The highest BCUT2D eigenvalue weighted by atomic mass is 32.2. The van der Waals surface area contributed by atoms with Gasteiger partial charge in [0.2, 0.25) is 5.91 Å². The first kappa shape index (κ1) is 21.0. The number of hydrogen-bond acceptors (Lipinski definition) is 7. The van der Waals surface area contributed by atoms with Crippen LogP contribution in [0.25, 0.3) is 21.7 Å². The van der Waals surface area contributed by atoms with Crippen LogP contribution in [0, 0.1) is 0 Å². The van der Waals surface area contributed by atoms with Gasteiger partial charge in [-0.2, -0.15) is 0 Å². The number of thioether (sulfide) groups is 1. The van der Waals surface area contributed by atoms with E-state index in [-0.39, 0.29) is 17.7 Å². The lowest BCUT2D eigenvalue weighted by Gasteiger charge is -2.16. The lowest BCUT2D eigenvalue weighted by molar-refractivity contribution is -0.115. The number of thiophene rings is 1. The summed E-state index contributed by atoms with van der Waals surface area (Å²) < 4.78 is 7.89. The summed E-state index contributed by atoms with van der Waals surface area (Å²) in [6.07, 6.45) is 2.19. The van der Waals surface area contributed by atoms with Crippen LogP contribution < -0.4 is 11.0 Å². The van der Waals surface area contributed by atoms with Crippen molar-refractivity contribution in [3.05, 3.63) is 46.2 Å². The van der Waals surface area contributed by atoms with Crippen molar-refractivity contribution in [2.45, 2.75) is 42.8 Å². The molecule has 1 aliphatic heterocycles. The molecule has 3 N–H and O–H groups in total. The summed E-state index contributed by atoms with van der Waals surface area (Å²) in [5, 5.41) is 14.0. The smallest absolute Gasteiger partial charge is 0.323 e. The zero-order valence-electron chi connectivity index (χ0n) is 17.3. The number of anilines is 1. The molecule has 0 spiro atoms. The number of carbonyl (C=O) groups excluding carboxylic acids is 1. The predicted octanol–water partition coefficient (Wildman–Crippen LogP) is 3.47. The first-order chi connectivity index (χ1) is 15.6. The van der Waals surface area contributed by atoms with E-state index in [9.17, 15) is 9.59 Å². The molecule has 0 aliphatic carbocycles. The average molecular weight is 471 g/mol. The second-order valence-corrected chi connectivity index (χ2v) is 9.87. The maximum absolute atomic E-state index is 12.9. The van der Waals surface area contributed by atoms with E-state index < -0.39 is 5.25 Å². The Balaban J connectivity index is 1.33. The third-order valence-corrected chi connectivity index (χ3v) is 7.25. The van der Waals surface area contributed by atoms with Crippen molar-refractivity contribution in [3.63, 3.8) is 0 Å². The Morgan fingerprint density at radius 3 is 3.00 bits per heavy atom. The zero-order chi connectivity index (χ0) is 22.1. The van der Waals surface area contributed by atoms with Gasteiger partial charge >= 0.3 is 5.69 Å². The van der Waals surface area contributed by atoms with Gasteiger partial charge in [0, 0.05) is 12.3 Å². The first-order valence-corrected chi connectivity index (χ1v) is 12.1. The molecule has 1 aromatic carbocycles. The molecule has 3 aromatic heterocycles. The van der Waals surface area contributed by atoms with Gasteiger partial charge in [0.25, 0.3) is 0 Å². The van der Waals surface area contributed by atoms with Gasteiger partial charge in [-0.15, -0.1) is 21.5 Å². The quantitative estimate of drug-likeness (QED) is 0.356. The number of carbonyl (C=O) groups is 1. The minimum absolute atomic E-state index is 0.128. The molecule has 4 heterocycles. The number of H-pyrrole nitrogens is 2. The first-order valence-electron chi connectivity index (χ1n) is 10.3. The summed E-state index contributed by atoms with van der Waals surface area (Å²) >= 11 is 2.98. The van der Waals surface area contributed by atoms with Crippen LogP contribution in [0.15, 0.2) is 45.7 Å². The van der Waals surface area contributed by atoms with E-state index in [1.807, 2.05) is 24.4 Å². The number of imidazole rings is 1. The molecule has 32 heavy (non-hydrogen) atoms. The molecule has 1 saturated heterocycles. The molecule has 4 aromatic rings. The molecule has 1 aliphatic rings. The van der Waals surface area contributed by atoms with Gasteiger partial charge in [-0.1, -0.05) is 17.8 Å². The number of hydrogen-bond donors (Lipinski definition) is 3. The van der Waals surface area contributed by atoms with Gasteiger partial charge < -0.3 is 20.0 Å².